The second-order valence-electron chi connectivity index (χ2n) is 6.32. The smallest absolute Gasteiger partial charge is 0.252 e. The average molecular weight is 358 g/mol. The molecular weight excluding hydrogens is 331 g/mol. The molecule has 1 aromatic heterocycles. The summed E-state index contributed by atoms with van der Waals surface area (Å²) in [4.78, 5) is 20.9. The zero-order valence-electron chi connectivity index (χ0n) is 15.9. The molecule has 0 aliphatic carbocycles. The first kappa shape index (κ1) is 19.8. The van der Waals surface area contributed by atoms with Gasteiger partial charge in [0.05, 0.1) is 11.6 Å². The van der Waals surface area contributed by atoms with Crippen molar-refractivity contribution in [1.82, 2.24) is 15.2 Å². The Kier molecular flexibility index (Phi) is 7.09. The number of anilines is 1. The zero-order chi connectivity index (χ0) is 19.1. The topological polar surface area (TPSA) is 48.5 Å². The zero-order valence-corrected chi connectivity index (χ0v) is 15.9. The van der Waals surface area contributed by atoms with E-state index in [4.69, 9.17) is 0 Å². The molecule has 26 heavy (non-hydrogen) atoms. The van der Waals surface area contributed by atoms with Crippen molar-refractivity contribution < 1.29 is 9.18 Å². The third kappa shape index (κ3) is 5.02. The highest BCUT2D eigenvalue weighted by molar-refractivity contribution is 5.94. The fourth-order valence-corrected chi connectivity index (χ4v) is 2.83. The maximum Gasteiger partial charge on any atom is 0.252 e. The molecule has 1 unspecified atom stereocenters. The van der Waals surface area contributed by atoms with Gasteiger partial charge >= 0.3 is 0 Å². The Hall–Kier alpha value is -2.47. The molecule has 1 aromatic carbocycles. The van der Waals surface area contributed by atoms with Crippen LogP contribution in [0.25, 0.3) is 0 Å². The summed E-state index contributed by atoms with van der Waals surface area (Å²) in [5.74, 6) is 0.427. The Labute approximate surface area is 154 Å². The molecule has 1 atom stereocenters. The molecule has 2 rings (SSSR count). The first-order valence-corrected chi connectivity index (χ1v) is 8.87. The van der Waals surface area contributed by atoms with Crippen molar-refractivity contribution in [3.05, 3.63) is 59.5 Å². The lowest BCUT2D eigenvalue weighted by Gasteiger charge is -2.25. The van der Waals surface area contributed by atoms with E-state index < -0.39 is 0 Å². The largest absolute Gasteiger partial charge is 0.357 e. The van der Waals surface area contributed by atoms with Gasteiger partial charge in [-0.25, -0.2) is 9.37 Å². The van der Waals surface area contributed by atoms with Gasteiger partial charge in [-0.1, -0.05) is 12.1 Å². The summed E-state index contributed by atoms with van der Waals surface area (Å²) in [7, 11) is 3.86. The Morgan fingerprint density at radius 1 is 1.12 bits per heavy atom. The molecule has 6 heteroatoms. The summed E-state index contributed by atoms with van der Waals surface area (Å²) in [5, 5.41) is 2.94. The summed E-state index contributed by atoms with van der Waals surface area (Å²) in [5.41, 5.74) is 1.48. The number of likely N-dealkylation sites (N-methyl/N-ethyl adjacent to an activating group) is 1. The van der Waals surface area contributed by atoms with Crippen LogP contribution in [0.5, 0.6) is 0 Å². The van der Waals surface area contributed by atoms with E-state index in [9.17, 15) is 9.18 Å². The van der Waals surface area contributed by atoms with E-state index in [2.05, 4.69) is 29.0 Å². The highest BCUT2D eigenvalue weighted by Crippen LogP contribution is 2.18. The monoisotopic (exact) mass is 358 g/mol. The van der Waals surface area contributed by atoms with E-state index in [0.29, 0.717) is 12.1 Å². The van der Waals surface area contributed by atoms with Crippen LogP contribution in [-0.4, -0.2) is 49.5 Å². The number of carbonyl (C=O) groups excluding carboxylic acids is 1. The van der Waals surface area contributed by atoms with Crippen molar-refractivity contribution in [2.45, 2.75) is 19.9 Å². The minimum absolute atomic E-state index is 0.0394. The van der Waals surface area contributed by atoms with Crippen molar-refractivity contribution in [3.8, 4) is 0 Å². The molecule has 0 aliphatic rings. The van der Waals surface area contributed by atoms with E-state index in [0.717, 1.165) is 24.5 Å². The van der Waals surface area contributed by atoms with Crippen LogP contribution in [0.4, 0.5) is 10.2 Å². The Balaban J connectivity index is 2.02. The number of rotatable bonds is 8. The van der Waals surface area contributed by atoms with Gasteiger partial charge in [-0.3, -0.25) is 4.79 Å². The molecule has 0 saturated heterocycles. The van der Waals surface area contributed by atoms with Gasteiger partial charge in [0.1, 0.15) is 11.6 Å². The SMILES string of the molecule is CCN(CC)c1ccc(C(=O)NCC(c2ccc(F)cc2)N(C)C)cn1. The molecule has 1 amide bonds. The van der Waals surface area contributed by atoms with Gasteiger partial charge in [0, 0.05) is 25.8 Å². The third-order valence-corrected chi connectivity index (χ3v) is 4.43. The summed E-state index contributed by atoms with van der Waals surface area (Å²) in [6.07, 6.45) is 1.60. The van der Waals surface area contributed by atoms with E-state index in [1.807, 2.05) is 25.1 Å². The number of pyridine rings is 1. The van der Waals surface area contributed by atoms with Crippen molar-refractivity contribution >= 4 is 11.7 Å². The van der Waals surface area contributed by atoms with Gasteiger partial charge in [0.2, 0.25) is 0 Å². The molecule has 0 saturated carbocycles. The molecule has 0 bridgehead atoms. The number of hydrogen-bond donors (Lipinski definition) is 1. The predicted octanol–water partition coefficient (Wildman–Crippen LogP) is 3.10. The van der Waals surface area contributed by atoms with Crippen LogP contribution in [0.15, 0.2) is 42.6 Å². The van der Waals surface area contributed by atoms with Gasteiger partial charge in [-0.2, -0.15) is 0 Å². The van der Waals surface area contributed by atoms with Gasteiger partial charge in [-0.05, 0) is 57.8 Å². The second kappa shape index (κ2) is 9.29. The molecular formula is C20H27FN4O. The van der Waals surface area contributed by atoms with E-state index in [1.165, 1.54) is 12.1 Å². The van der Waals surface area contributed by atoms with Crippen LogP contribution in [0, 0.1) is 5.82 Å². The lowest BCUT2D eigenvalue weighted by atomic mass is 10.1. The van der Waals surface area contributed by atoms with Crippen LogP contribution < -0.4 is 10.2 Å². The summed E-state index contributed by atoms with van der Waals surface area (Å²) in [6.45, 7) is 6.31. The van der Waals surface area contributed by atoms with Gasteiger partial charge in [0.15, 0.2) is 0 Å². The molecule has 5 nitrogen and oxygen atoms in total. The van der Waals surface area contributed by atoms with Crippen molar-refractivity contribution in [2.24, 2.45) is 0 Å². The van der Waals surface area contributed by atoms with Crippen LogP contribution >= 0.6 is 0 Å². The molecule has 1 N–H and O–H groups in total. The molecule has 1 heterocycles. The van der Waals surface area contributed by atoms with Crippen LogP contribution in [0.1, 0.15) is 35.8 Å². The number of nitrogens with one attached hydrogen (secondary N) is 1. The highest BCUT2D eigenvalue weighted by Gasteiger charge is 2.16. The van der Waals surface area contributed by atoms with Crippen LogP contribution in [0.2, 0.25) is 0 Å². The molecule has 0 fully saturated rings. The van der Waals surface area contributed by atoms with Crippen LogP contribution in [-0.2, 0) is 0 Å². The lowest BCUT2D eigenvalue weighted by molar-refractivity contribution is 0.0941. The lowest BCUT2D eigenvalue weighted by Crippen LogP contribution is -2.34. The van der Waals surface area contributed by atoms with E-state index in [1.54, 1.807) is 24.4 Å². The second-order valence-corrected chi connectivity index (χ2v) is 6.32. The number of halogens is 1. The Morgan fingerprint density at radius 3 is 2.27 bits per heavy atom. The number of amides is 1. The fourth-order valence-electron chi connectivity index (χ4n) is 2.83. The van der Waals surface area contributed by atoms with Gasteiger partial charge < -0.3 is 15.1 Å². The standard InChI is InChI=1S/C20H27FN4O/c1-5-25(6-2)19-12-9-16(13-22-19)20(26)23-14-18(24(3)4)15-7-10-17(21)11-8-15/h7-13,18H,5-6,14H2,1-4H3,(H,23,26). The molecule has 0 spiro atoms. The molecule has 0 radical (unpaired) electrons. The van der Waals surface area contributed by atoms with Crippen LogP contribution in [0.3, 0.4) is 0 Å². The Morgan fingerprint density at radius 2 is 1.77 bits per heavy atom. The maximum atomic E-state index is 13.1. The van der Waals surface area contributed by atoms with E-state index in [-0.39, 0.29) is 17.8 Å². The Bertz CT molecular complexity index is 697. The number of carbonyl (C=O) groups is 1. The highest BCUT2D eigenvalue weighted by atomic mass is 19.1. The first-order valence-electron chi connectivity index (χ1n) is 8.87. The van der Waals surface area contributed by atoms with Crippen molar-refractivity contribution in [1.29, 1.82) is 0 Å². The van der Waals surface area contributed by atoms with E-state index >= 15 is 0 Å². The van der Waals surface area contributed by atoms with Crippen molar-refractivity contribution in [3.63, 3.8) is 0 Å². The average Bonchev–Trinajstić information content (AvgIpc) is 2.64. The first-order chi connectivity index (χ1) is 12.5. The summed E-state index contributed by atoms with van der Waals surface area (Å²) < 4.78 is 13.1. The third-order valence-electron chi connectivity index (χ3n) is 4.43. The normalized spacial score (nSPS) is 12.1. The summed E-state index contributed by atoms with van der Waals surface area (Å²) in [6, 6.07) is 9.97. The summed E-state index contributed by atoms with van der Waals surface area (Å²) >= 11 is 0. The minimum atomic E-state index is -0.269. The number of aromatic nitrogens is 1. The maximum absolute atomic E-state index is 13.1. The predicted molar refractivity (Wildman–Crippen MR) is 103 cm³/mol. The van der Waals surface area contributed by atoms with Gasteiger partial charge in [-0.15, -0.1) is 0 Å². The number of nitrogens with zero attached hydrogens (tertiary/aromatic N) is 3. The minimum Gasteiger partial charge on any atom is -0.357 e. The number of benzene rings is 1. The van der Waals surface area contributed by atoms with Crippen molar-refractivity contribution in [2.75, 3.05) is 38.6 Å². The molecule has 140 valence electrons. The quantitative estimate of drug-likeness (QED) is 0.788. The molecule has 0 aliphatic heterocycles. The van der Waals surface area contributed by atoms with Gasteiger partial charge in [0.25, 0.3) is 5.91 Å². The fraction of sp³-hybridized carbons (Fsp3) is 0.400. The molecule has 2 aromatic rings. The number of hydrogen-bond acceptors (Lipinski definition) is 4.